The highest BCUT2D eigenvalue weighted by Gasteiger charge is 2.13. The minimum absolute atomic E-state index is 0.00481. The van der Waals surface area contributed by atoms with Crippen molar-refractivity contribution in [2.45, 2.75) is 13.5 Å². The molecule has 0 bridgehead atoms. The Hall–Kier alpha value is -1.94. The fourth-order valence-corrected chi connectivity index (χ4v) is 1.64. The highest BCUT2D eigenvalue weighted by molar-refractivity contribution is 5.40. The van der Waals surface area contributed by atoms with Crippen molar-refractivity contribution in [3.63, 3.8) is 0 Å². The largest absolute Gasteiger partial charge is 0.451 e. The van der Waals surface area contributed by atoms with Crippen LogP contribution in [0.1, 0.15) is 11.1 Å². The molecule has 94 valence electrons. The van der Waals surface area contributed by atoms with Crippen molar-refractivity contribution in [2.75, 3.05) is 0 Å². The Morgan fingerprint density at radius 3 is 2.56 bits per heavy atom. The minimum Gasteiger partial charge on any atom is -0.451 e. The Bertz CT molecular complexity index is 570. The average molecular weight is 249 g/mol. The average Bonchev–Trinajstić information content (AvgIpc) is 2.37. The summed E-state index contributed by atoms with van der Waals surface area (Å²) in [7, 11) is 0. The van der Waals surface area contributed by atoms with Crippen molar-refractivity contribution in [3.8, 4) is 11.5 Å². The summed E-state index contributed by atoms with van der Waals surface area (Å²) in [6.45, 7) is 1.74. The van der Waals surface area contributed by atoms with Gasteiger partial charge in [-0.15, -0.1) is 0 Å². The SMILES string of the molecule is Cc1cccc(Oc2c(F)cccc2CN)c1F. The zero-order valence-electron chi connectivity index (χ0n) is 9.91. The van der Waals surface area contributed by atoms with Crippen LogP contribution in [0.5, 0.6) is 11.5 Å². The molecule has 0 saturated carbocycles. The summed E-state index contributed by atoms with van der Waals surface area (Å²) in [6, 6.07) is 9.16. The lowest BCUT2D eigenvalue weighted by atomic mass is 10.2. The van der Waals surface area contributed by atoms with Crippen LogP contribution >= 0.6 is 0 Å². The number of halogens is 2. The Morgan fingerprint density at radius 1 is 1.11 bits per heavy atom. The van der Waals surface area contributed by atoms with Gasteiger partial charge >= 0.3 is 0 Å². The van der Waals surface area contributed by atoms with Gasteiger partial charge in [-0.1, -0.05) is 24.3 Å². The number of aryl methyl sites for hydroxylation is 1. The van der Waals surface area contributed by atoms with E-state index in [1.54, 1.807) is 25.1 Å². The molecule has 0 unspecified atom stereocenters. The van der Waals surface area contributed by atoms with Gasteiger partial charge in [-0.25, -0.2) is 8.78 Å². The molecule has 2 aromatic rings. The molecule has 0 spiro atoms. The van der Waals surface area contributed by atoms with Gasteiger partial charge in [0.2, 0.25) is 0 Å². The van der Waals surface area contributed by atoms with Crippen molar-refractivity contribution in [3.05, 3.63) is 59.2 Å². The van der Waals surface area contributed by atoms with Gasteiger partial charge in [0.15, 0.2) is 23.1 Å². The number of benzene rings is 2. The second-order valence-electron chi connectivity index (χ2n) is 3.92. The molecule has 0 aliphatic heterocycles. The van der Waals surface area contributed by atoms with Crippen LogP contribution in [0.4, 0.5) is 8.78 Å². The van der Waals surface area contributed by atoms with E-state index in [4.69, 9.17) is 10.5 Å². The Kier molecular flexibility index (Phi) is 3.58. The summed E-state index contributed by atoms with van der Waals surface area (Å²) in [5.41, 5.74) is 6.44. The van der Waals surface area contributed by atoms with E-state index >= 15 is 0 Å². The molecule has 4 heteroatoms. The molecule has 0 atom stereocenters. The first kappa shape index (κ1) is 12.5. The Balaban J connectivity index is 2.43. The maximum atomic E-state index is 13.8. The predicted octanol–water partition coefficient (Wildman–Crippen LogP) is 3.52. The molecule has 0 aliphatic carbocycles. The number of hydrogen-bond donors (Lipinski definition) is 1. The van der Waals surface area contributed by atoms with Crippen molar-refractivity contribution in [1.82, 2.24) is 0 Å². The van der Waals surface area contributed by atoms with E-state index in [0.29, 0.717) is 11.1 Å². The number of hydrogen-bond acceptors (Lipinski definition) is 2. The molecule has 0 aromatic heterocycles. The van der Waals surface area contributed by atoms with E-state index in [-0.39, 0.29) is 18.0 Å². The summed E-state index contributed by atoms with van der Waals surface area (Å²) in [6.07, 6.45) is 0. The van der Waals surface area contributed by atoms with E-state index in [9.17, 15) is 8.78 Å². The standard InChI is InChI=1S/C14H13F2NO/c1-9-4-2-7-12(13(9)16)18-14-10(8-17)5-3-6-11(14)15/h2-7H,8,17H2,1H3. The first-order chi connectivity index (χ1) is 8.63. The zero-order valence-corrected chi connectivity index (χ0v) is 9.91. The van der Waals surface area contributed by atoms with E-state index in [1.165, 1.54) is 18.2 Å². The first-order valence-electron chi connectivity index (χ1n) is 5.54. The first-order valence-corrected chi connectivity index (χ1v) is 5.54. The van der Waals surface area contributed by atoms with Gasteiger partial charge < -0.3 is 10.5 Å². The van der Waals surface area contributed by atoms with Crippen molar-refractivity contribution >= 4 is 0 Å². The smallest absolute Gasteiger partial charge is 0.168 e. The molecule has 2 rings (SSSR count). The van der Waals surface area contributed by atoms with Gasteiger partial charge in [0.25, 0.3) is 0 Å². The quantitative estimate of drug-likeness (QED) is 0.903. The normalized spacial score (nSPS) is 10.4. The third-order valence-electron chi connectivity index (χ3n) is 2.64. The lowest BCUT2D eigenvalue weighted by molar-refractivity contribution is 0.408. The van der Waals surface area contributed by atoms with Gasteiger partial charge in [0.05, 0.1) is 0 Å². The highest BCUT2D eigenvalue weighted by atomic mass is 19.1. The maximum Gasteiger partial charge on any atom is 0.168 e. The molecule has 2 N–H and O–H groups in total. The molecule has 2 nitrogen and oxygen atoms in total. The third-order valence-corrected chi connectivity index (χ3v) is 2.64. The number of ether oxygens (including phenoxy) is 1. The summed E-state index contributed by atoms with van der Waals surface area (Å²) in [4.78, 5) is 0. The van der Waals surface area contributed by atoms with Gasteiger partial charge in [0, 0.05) is 12.1 Å². The molecule has 0 saturated heterocycles. The van der Waals surface area contributed by atoms with Gasteiger partial charge in [0.1, 0.15) is 0 Å². The number of para-hydroxylation sites is 1. The van der Waals surface area contributed by atoms with Crippen LogP contribution in [0.2, 0.25) is 0 Å². The fourth-order valence-electron chi connectivity index (χ4n) is 1.64. The molecule has 2 aromatic carbocycles. The van der Waals surface area contributed by atoms with Crippen LogP contribution in [-0.2, 0) is 6.54 Å². The Labute approximate surface area is 104 Å². The second kappa shape index (κ2) is 5.14. The van der Waals surface area contributed by atoms with Crippen molar-refractivity contribution in [1.29, 1.82) is 0 Å². The van der Waals surface area contributed by atoms with Crippen molar-refractivity contribution in [2.24, 2.45) is 5.73 Å². The summed E-state index contributed by atoms with van der Waals surface area (Å²) >= 11 is 0. The molecule has 0 radical (unpaired) electrons. The minimum atomic E-state index is -0.557. The van der Waals surface area contributed by atoms with Crippen LogP contribution in [0.15, 0.2) is 36.4 Å². The molecule has 0 amide bonds. The fraction of sp³-hybridized carbons (Fsp3) is 0.143. The summed E-state index contributed by atoms with van der Waals surface area (Å²) in [5, 5.41) is 0. The molecule has 0 fully saturated rings. The third kappa shape index (κ3) is 2.33. The van der Waals surface area contributed by atoms with Crippen LogP contribution in [-0.4, -0.2) is 0 Å². The predicted molar refractivity (Wildman–Crippen MR) is 65.5 cm³/mol. The highest BCUT2D eigenvalue weighted by Crippen LogP contribution is 2.30. The topological polar surface area (TPSA) is 35.2 Å². The van der Waals surface area contributed by atoms with Crippen LogP contribution < -0.4 is 10.5 Å². The summed E-state index contributed by atoms with van der Waals surface area (Å²) in [5.74, 6) is -1.08. The number of rotatable bonds is 3. The monoisotopic (exact) mass is 249 g/mol. The maximum absolute atomic E-state index is 13.8. The van der Waals surface area contributed by atoms with Crippen LogP contribution in [0, 0.1) is 18.6 Å². The van der Waals surface area contributed by atoms with Gasteiger partial charge in [-0.2, -0.15) is 0 Å². The lowest BCUT2D eigenvalue weighted by Gasteiger charge is -2.12. The molecular weight excluding hydrogens is 236 g/mol. The van der Waals surface area contributed by atoms with Crippen LogP contribution in [0.3, 0.4) is 0 Å². The van der Waals surface area contributed by atoms with Crippen molar-refractivity contribution < 1.29 is 13.5 Å². The lowest BCUT2D eigenvalue weighted by Crippen LogP contribution is -2.02. The number of nitrogens with two attached hydrogens (primary N) is 1. The second-order valence-corrected chi connectivity index (χ2v) is 3.92. The molecule has 18 heavy (non-hydrogen) atoms. The van der Waals surface area contributed by atoms with E-state index < -0.39 is 11.6 Å². The molecular formula is C14H13F2NO. The summed E-state index contributed by atoms with van der Waals surface area (Å²) < 4.78 is 32.7. The van der Waals surface area contributed by atoms with E-state index in [0.717, 1.165) is 0 Å². The van der Waals surface area contributed by atoms with Crippen LogP contribution in [0.25, 0.3) is 0 Å². The van der Waals surface area contributed by atoms with Gasteiger partial charge in [-0.05, 0) is 24.6 Å². The van der Waals surface area contributed by atoms with E-state index in [2.05, 4.69) is 0 Å². The Morgan fingerprint density at radius 2 is 1.83 bits per heavy atom. The zero-order chi connectivity index (χ0) is 13.1. The van der Waals surface area contributed by atoms with Gasteiger partial charge in [-0.3, -0.25) is 0 Å². The molecule has 0 aliphatic rings. The van der Waals surface area contributed by atoms with E-state index in [1.807, 2.05) is 0 Å². The molecule has 0 heterocycles.